The quantitative estimate of drug-likeness (QED) is 0.807. The van der Waals surface area contributed by atoms with E-state index in [2.05, 4.69) is 5.32 Å². The van der Waals surface area contributed by atoms with Crippen molar-refractivity contribution >= 4 is 23.2 Å². The Hall–Kier alpha value is -1.40. The molecular formula is C16H23NO4S. The van der Waals surface area contributed by atoms with Gasteiger partial charge in [-0.25, -0.2) is 4.79 Å². The van der Waals surface area contributed by atoms with Crippen molar-refractivity contribution in [1.82, 2.24) is 5.32 Å². The summed E-state index contributed by atoms with van der Waals surface area (Å²) >= 11 is 1.60. The van der Waals surface area contributed by atoms with Crippen LogP contribution in [0.25, 0.3) is 0 Å². The third-order valence-electron chi connectivity index (χ3n) is 4.66. The summed E-state index contributed by atoms with van der Waals surface area (Å²) in [6.45, 7) is 6.10. The van der Waals surface area contributed by atoms with E-state index in [1.54, 1.807) is 11.3 Å². The van der Waals surface area contributed by atoms with Gasteiger partial charge in [-0.2, -0.15) is 0 Å². The normalized spacial score (nSPS) is 26.2. The van der Waals surface area contributed by atoms with Gasteiger partial charge in [-0.1, -0.05) is 19.9 Å². The van der Waals surface area contributed by atoms with Crippen molar-refractivity contribution in [1.29, 1.82) is 0 Å². The van der Waals surface area contributed by atoms with Crippen LogP contribution in [0.2, 0.25) is 0 Å². The zero-order valence-electron chi connectivity index (χ0n) is 13.2. The van der Waals surface area contributed by atoms with Gasteiger partial charge in [0, 0.05) is 29.7 Å². The lowest BCUT2D eigenvalue weighted by Gasteiger charge is -2.58. The molecule has 1 fully saturated rings. The molecule has 0 saturated heterocycles. The van der Waals surface area contributed by atoms with Crippen LogP contribution < -0.4 is 5.32 Å². The predicted octanol–water partition coefficient (Wildman–Crippen LogP) is 2.46. The van der Waals surface area contributed by atoms with Gasteiger partial charge in [0.1, 0.15) is 5.54 Å². The highest BCUT2D eigenvalue weighted by atomic mass is 32.1. The lowest BCUT2D eigenvalue weighted by molar-refractivity contribution is -0.194. The van der Waals surface area contributed by atoms with E-state index in [4.69, 9.17) is 4.74 Å². The fourth-order valence-electron chi connectivity index (χ4n) is 3.03. The fraction of sp³-hybridized carbons (Fsp3) is 0.625. The number of carbonyl (C=O) groups excluding carboxylic acids is 1. The maximum Gasteiger partial charge on any atom is 0.330 e. The van der Waals surface area contributed by atoms with E-state index in [0.29, 0.717) is 25.9 Å². The van der Waals surface area contributed by atoms with Gasteiger partial charge < -0.3 is 15.2 Å². The maximum atomic E-state index is 12.2. The SMILES string of the molecule is CCOC1CC(NC(=O)CCc2cccs2)(C(=O)O)C1(C)C. The minimum Gasteiger partial charge on any atom is -0.479 e. The Bertz CT molecular complexity index is 540. The van der Waals surface area contributed by atoms with Crippen LogP contribution in [0.5, 0.6) is 0 Å². The molecule has 22 heavy (non-hydrogen) atoms. The molecule has 5 nitrogen and oxygen atoms in total. The van der Waals surface area contributed by atoms with Gasteiger partial charge in [0.15, 0.2) is 0 Å². The molecule has 0 bridgehead atoms. The molecule has 1 aromatic rings. The molecule has 1 aromatic heterocycles. The molecule has 2 rings (SSSR count). The largest absolute Gasteiger partial charge is 0.479 e. The minimum absolute atomic E-state index is 0.147. The maximum absolute atomic E-state index is 12.2. The van der Waals surface area contributed by atoms with Gasteiger partial charge in [-0.05, 0) is 24.8 Å². The second-order valence-electron chi connectivity index (χ2n) is 6.21. The summed E-state index contributed by atoms with van der Waals surface area (Å²) in [5.74, 6) is -1.21. The Morgan fingerprint density at radius 2 is 2.23 bits per heavy atom. The van der Waals surface area contributed by atoms with Gasteiger partial charge in [-0.15, -0.1) is 11.3 Å². The van der Waals surface area contributed by atoms with Gasteiger partial charge in [0.2, 0.25) is 5.91 Å². The highest BCUT2D eigenvalue weighted by molar-refractivity contribution is 7.09. The second-order valence-corrected chi connectivity index (χ2v) is 7.24. The van der Waals surface area contributed by atoms with Gasteiger partial charge in [0.25, 0.3) is 0 Å². The molecule has 1 amide bonds. The van der Waals surface area contributed by atoms with Crippen molar-refractivity contribution in [2.75, 3.05) is 6.61 Å². The van der Waals surface area contributed by atoms with Gasteiger partial charge in [0.05, 0.1) is 6.10 Å². The average molecular weight is 325 g/mol. The monoisotopic (exact) mass is 325 g/mol. The highest BCUT2D eigenvalue weighted by Crippen LogP contribution is 2.51. The molecule has 6 heteroatoms. The first kappa shape index (κ1) is 17.0. The standard InChI is InChI=1S/C16H23NO4S/c1-4-21-12-10-16(14(19)20,15(12,2)3)17-13(18)8-7-11-6-5-9-22-11/h5-6,9,12H,4,7-8,10H2,1-3H3,(H,17,18)(H,19,20). The fourth-order valence-corrected chi connectivity index (χ4v) is 3.74. The number of carboxylic acids is 1. The molecule has 0 aliphatic heterocycles. The number of amides is 1. The number of aliphatic carboxylic acids is 1. The number of thiophene rings is 1. The number of carboxylic acid groups (broad SMARTS) is 1. The second kappa shape index (κ2) is 6.38. The van der Waals surface area contributed by atoms with Gasteiger partial charge >= 0.3 is 5.97 Å². The first-order valence-electron chi connectivity index (χ1n) is 7.52. The van der Waals surface area contributed by atoms with Crippen molar-refractivity contribution in [2.24, 2.45) is 5.41 Å². The summed E-state index contributed by atoms with van der Waals surface area (Å²) in [6.07, 6.45) is 1.10. The van der Waals surface area contributed by atoms with Crippen LogP contribution in [-0.4, -0.2) is 35.2 Å². The van der Waals surface area contributed by atoms with E-state index in [1.807, 2.05) is 38.3 Å². The third-order valence-corrected chi connectivity index (χ3v) is 5.60. The van der Waals surface area contributed by atoms with Crippen LogP contribution in [0.1, 0.15) is 38.5 Å². The molecule has 1 heterocycles. The highest BCUT2D eigenvalue weighted by Gasteiger charge is 2.66. The summed E-state index contributed by atoms with van der Waals surface area (Å²) in [5.41, 5.74) is -1.87. The van der Waals surface area contributed by atoms with E-state index in [1.165, 1.54) is 0 Å². The smallest absolute Gasteiger partial charge is 0.330 e. The number of ether oxygens (including phenoxy) is 1. The third kappa shape index (κ3) is 2.90. The van der Waals surface area contributed by atoms with E-state index < -0.39 is 16.9 Å². The Morgan fingerprint density at radius 3 is 2.73 bits per heavy atom. The Labute approximate surface area is 134 Å². The number of hydrogen-bond donors (Lipinski definition) is 2. The van der Waals surface area contributed by atoms with Crippen molar-refractivity contribution in [3.63, 3.8) is 0 Å². The predicted molar refractivity (Wildman–Crippen MR) is 85.0 cm³/mol. The zero-order valence-corrected chi connectivity index (χ0v) is 14.0. The molecular weight excluding hydrogens is 302 g/mol. The van der Waals surface area contributed by atoms with Crippen molar-refractivity contribution in [3.8, 4) is 0 Å². The number of carbonyl (C=O) groups is 2. The van der Waals surface area contributed by atoms with Crippen molar-refractivity contribution in [3.05, 3.63) is 22.4 Å². The molecule has 2 unspecified atom stereocenters. The molecule has 1 saturated carbocycles. The first-order chi connectivity index (χ1) is 10.3. The molecule has 0 radical (unpaired) electrons. The molecule has 1 aliphatic carbocycles. The van der Waals surface area contributed by atoms with Crippen molar-refractivity contribution in [2.45, 2.75) is 51.7 Å². The molecule has 122 valence electrons. The van der Waals surface area contributed by atoms with Gasteiger partial charge in [-0.3, -0.25) is 4.79 Å². The van der Waals surface area contributed by atoms with Crippen molar-refractivity contribution < 1.29 is 19.4 Å². The number of nitrogens with one attached hydrogen (secondary N) is 1. The Balaban J connectivity index is 2.01. The molecule has 1 aliphatic rings. The Kier molecular flexibility index (Phi) is 4.92. The van der Waals surface area contributed by atoms with E-state index in [0.717, 1.165) is 4.88 Å². The van der Waals surface area contributed by atoms with E-state index in [-0.39, 0.29) is 12.0 Å². The lowest BCUT2D eigenvalue weighted by atomic mass is 9.54. The average Bonchev–Trinajstić information content (AvgIpc) is 2.96. The topological polar surface area (TPSA) is 75.6 Å². The summed E-state index contributed by atoms with van der Waals surface area (Å²) < 4.78 is 5.59. The molecule has 0 spiro atoms. The summed E-state index contributed by atoms with van der Waals surface area (Å²) in [7, 11) is 0. The van der Waals surface area contributed by atoms with Crippen LogP contribution in [0.4, 0.5) is 0 Å². The Morgan fingerprint density at radius 1 is 1.50 bits per heavy atom. The van der Waals surface area contributed by atoms with Crippen LogP contribution in [-0.2, 0) is 20.7 Å². The number of hydrogen-bond acceptors (Lipinski definition) is 4. The number of rotatable bonds is 7. The van der Waals surface area contributed by atoms with E-state index >= 15 is 0 Å². The summed E-state index contributed by atoms with van der Waals surface area (Å²) in [4.78, 5) is 25.1. The molecule has 2 atom stereocenters. The zero-order chi connectivity index (χ0) is 16.4. The lowest BCUT2D eigenvalue weighted by Crippen LogP contribution is -2.76. The summed E-state index contributed by atoms with van der Waals surface area (Å²) in [6, 6.07) is 3.92. The summed E-state index contributed by atoms with van der Waals surface area (Å²) in [5, 5.41) is 14.4. The molecule has 0 aromatic carbocycles. The van der Waals surface area contributed by atoms with Crippen LogP contribution >= 0.6 is 11.3 Å². The van der Waals surface area contributed by atoms with Crippen LogP contribution in [0.15, 0.2) is 17.5 Å². The molecule has 2 N–H and O–H groups in total. The van der Waals surface area contributed by atoms with Crippen LogP contribution in [0.3, 0.4) is 0 Å². The number of aryl methyl sites for hydroxylation is 1. The van der Waals surface area contributed by atoms with Crippen LogP contribution in [0, 0.1) is 5.41 Å². The first-order valence-corrected chi connectivity index (χ1v) is 8.40. The van der Waals surface area contributed by atoms with E-state index in [9.17, 15) is 14.7 Å². The minimum atomic E-state index is -1.24.